The highest BCUT2D eigenvalue weighted by atomic mass is 35.5. The molecule has 54 valence electrons. The fourth-order valence-corrected chi connectivity index (χ4v) is 2.31. The average molecular weight is 212 g/mol. The third kappa shape index (κ3) is 1.67. The van der Waals surface area contributed by atoms with Crippen molar-refractivity contribution in [1.82, 2.24) is 0 Å². The second-order valence-corrected chi connectivity index (χ2v) is 4.32. The molecule has 10 heavy (non-hydrogen) atoms. The monoisotopic (exact) mass is 210 g/mol. The molecule has 0 saturated heterocycles. The van der Waals surface area contributed by atoms with Crippen molar-refractivity contribution in [2.45, 2.75) is 0 Å². The molecular weight excluding hydrogens is 207 g/mol. The lowest BCUT2D eigenvalue weighted by molar-refractivity contribution is 1.76. The molecule has 0 aliphatic heterocycles. The van der Waals surface area contributed by atoms with Gasteiger partial charge in [0.2, 0.25) is 0 Å². The van der Waals surface area contributed by atoms with Gasteiger partial charge in [-0.25, -0.2) is 0 Å². The highest BCUT2D eigenvalue weighted by Crippen LogP contribution is 2.22. The van der Waals surface area contributed by atoms with Gasteiger partial charge in [0.15, 0.2) is 0 Å². The van der Waals surface area contributed by atoms with Crippen LogP contribution in [0.3, 0.4) is 0 Å². The lowest BCUT2D eigenvalue weighted by atomic mass is 10.3. The van der Waals surface area contributed by atoms with Gasteiger partial charge in [0.25, 0.3) is 0 Å². The van der Waals surface area contributed by atoms with Crippen molar-refractivity contribution in [3.05, 3.63) is 27.2 Å². The number of rotatable bonds is 0. The van der Waals surface area contributed by atoms with Crippen molar-refractivity contribution in [1.29, 1.82) is 0 Å². The number of hydrogen-bond acceptors (Lipinski definition) is 0. The molecule has 0 N–H and O–H groups in total. The molecule has 0 amide bonds. The second-order valence-electron chi connectivity index (χ2n) is 2.02. The van der Waals surface area contributed by atoms with Crippen LogP contribution < -0.4 is 5.19 Å². The van der Waals surface area contributed by atoms with E-state index < -0.39 is 0 Å². The summed E-state index contributed by atoms with van der Waals surface area (Å²) < 4.78 is 0. The van der Waals surface area contributed by atoms with E-state index in [2.05, 4.69) is 0 Å². The Balaban J connectivity index is 3.31. The maximum atomic E-state index is 5.79. The summed E-state index contributed by atoms with van der Waals surface area (Å²) in [5.74, 6) is 0. The molecular formula is C6H5Cl3Si. The Hall–Kier alpha value is 0.307. The summed E-state index contributed by atoms with van der Waals surface area (Å²) in [6, 6.07) is 3.48. The molecule has 0 unspecified atom stereocenters. The van der Waals surface area contributed by atoms with Crippen molar-refractivity contribution < 1.29 is 0 Å². The summed E-state index contributed by atoms with van der Waals surface area (Å²) in [5.41, 5.74) is 0. The second kappa shape index (κ2) is 3.14. The summed E-state index contributed by atoms with van der Waals surface area (Å²) in [6.07, 6.45) is 0. The molecule has 1 rings (SSSR count). The summed E-state index contributed by atoms with van der Waals surface area (Å²) in [5, 5.41) is 2.87. The largest absolute Gasteiger partial charge is 0.0843 e. The third-order valence-electron chi connectivity index (χ3n) is 1.17. The van der Waals surface area contributed by atoms with Crippen molar-refractivity contribution in [2.24, 2.45) is 0 Å². The van der Waals surface area contributed by atoms with Gasteiger partial charge in [0.05, 0.1) is 10.0 Å². The van der Waals surface area contributed by atoms with Gasteiger partial charge < -0.3 is 0 Å². The number of hydrogen-bond donors (Lipinski definition) is 0. The maximum absolute atomic E-state index is 5.79. The SMILES string of the molecule is [SiH3]c1cc(Cl)cc(Cl)c1Cl. The molecule has 0 radical (unpaired) electrons. The predicted molar refractivity (Wildman–Crippen MR) is 51.0 cm³/mol. The molecule has 0 spiro atoms. The molecule has 1 aromatic rings. The topological polar surface area (TPSA) is 0 Å². The Morgan fingerprint density at radius 2 is 1.70 bits per heavy atom. The Morgan fingerprint density at radius 3 is 2.20 bits per heavy atom. The van der Waals surface area contributed by atoms with Crippen LogP contribution in [0.15, 0.2) is 12.1 Å². The summed E-state index contributed by atoms with van der Waals surface area (Å²) in [6.45, 7) is 0. The van der Waals surface area contributed by atoms with E-state index in [1.807, 2.05) is 6.07 Å². The van der Waals surface area contributed by atoms with E-state index in [9.17, 15) is 0 Å². The lowest BCUT2D eigenvalue weighted by Gasteiger charge is -1.99. The first-order valence-corrected chi connectivity index (χ1v) is 4.86. The average Bonchev–Trinajstić information content (AvgIpc) is 1.82. The zero-order valence-electron chi connectivity index (χ0n) is 5.29. The van der Waals surface area contributed by atoms with Crippen LogP contribution in [-0.4, -0.2) is 10.2 Å². The Morgan fingerprint density at radius 1 is 1.10 bits per heavy atom. The lowest BCUT2D eigenvalue weighted by Crippen LogP contribution is -2.03. The van der Waals surface area contributed by atoms with Crippen molar-refractivity contribution in [3.63, 3.8) is 0 Å². The van der Waals surface area contributed by atoms with Gasteiger partial charge in [-0.1, -0.05) is 34.8 Å². The summed E-state index contributed by atoms with van der Waals surface area (Å²) >= 11 is 17.2. The van der Waals surface area contributed by atoms with Gasteiger partial charge in [-0.05, 0) is 17.3 Å². The minimum atomic E-state index is 0.541. The number of halogens is 3. The van der Waals surface area contributed by atoms with E-state index in [-0.39, 0.29) is 0 Å². The molecule has 0 aliphatic rings. The predicted octanol–water partition coefficient (Wildman–Crippen LogP) is 1.64. The molecule has 1 aromatic carbocycles. The molecule has 0 heterocycles. The Kier molecular flexibility index (Phi) is 2.64. The first-order valence-electron chi connectivity index (χ1n) is 2.72. The maximum Gasteiger partial charge on any atom is 0.0605 e. The van der Waals surface area contributed by atoms with Crippen LogP contribution in [0.1, 0.15) is 0 Å². The van der Waals surface area contributed by atoms with E-state index in [4.69, 9.17) is 34.8 Å². The van der Waals surface area contributed by atoms with Gasteiger partial charge in [-0.2, -0.15) is 0 Å². The van der Waals surface area contributed by atoms with Crippen LogP contribution in [0.2, 0.25) is 15.1 Å². The first kappa shape index (κ1) is 8.40. The summed E-state index contributed by atoms with van der Waals surface area (Å²) in [4.78, 5) is 0. The zero-order chi connectivity index (χ0) is 7.72. The first-order chi connectivity index (χ1) is 4.61. The van der Waals surface area contributed by atoms with E-state index >= 15 is 0 Å². The summed E-state index contributed by atoms with van der Waals surface area (Å²) in [7, 11) is 0.872. The minimum Gasteiger partial charge on any atom is -0.0843 e. The molecule has 0 bridgehead atoms. The fraction of sp³-hybridized carbons (Fsp3) is 0. The molecule has 4 heteroatoms. The molecule has 0 fully saturated rings. The van der Waals surface area contributed by atoms with Gasteiger partial charge in [0.1, 0.15) is 0 Å². The van der Waals surface area contributed by atoms with Gasteiger partial charge in [-0.3, -0.25) is 0 Å². The van der Waals surface area contributed by atoms with E-state index in [1.54, 1.807) is 6.07 Å². The van der Waals surface area contributed by atoms with Gasteiger partial charge in [0, 0.05) is 15.3 Å². The van der Waals surface area contributed by atoms with Crippen molar-refractivity contribution in [2.75, 3.05) is 0 Å². The van der Waals surface area contributed by atoms with Crippen molar-refractivity contribution >= 4 is 50.2 Å². The van der Waals surface area contributed by atoms with Crippen LogP contribution in [0.4, 0.5) is 0 Å². The van der Waals surface area contributed by atoms with Gasteiger partial charge in [-0.15, -0.1) is 0 Å². The number of benzene rings is 1. The van der Waals surface area contributed by atoms with E-state index in [1.165, 1.54) is 0 Å². The highest BCUT2D eigenvalue weighted by Gasteiger charge is 2.01. The molecule has 0 aliphatic carbocycles. The standard InChI is InChI=1S/C6H5Cl3Si/c7-3-1-4(8)6(9)5(10)2-3/h1-2H,10H3. The van der Waals surface area contributed by atoms with Crippen LogP contribution in [0.5, 0.6) is 0 Å². The Bertz CT molecular complexity index is 236. The van der Waals surface area contributed by atoms with Crippen LogP contribution in [0, 0.1) is 0 Å². The Labute approximate surface area is 77.5 Å². The minimum absolute atomic E-state index is 0.541. The van der Waals surface area contributed by atoms with Crippen LogP contribution in [-0.2, 0) is 0 Å². The van der Waals surface area contributed by atoms with E-state index in [0.29, 0.717) is 15.1 Å². The normalized spacial score (nSPS) is 10.3. The molecule has 0 aromatic heterocycles. The van der Waals surface area contributed by atoms with Crippen LogP contribution in [0.25, 0.3) is 0 Å². The highest BCUT2D eigenvalue weighted by molar-refractivity contribution is 6.51. The van der Waals surface area contributed by atoms with E-state index in [0.717, 1.165) is 15.4 Å². The van der Waals surface area contributed by atoms with Crippen molar-refractivity contribution in [3.8, 4) is 0 Å². The quantitative estimate of drug-likeness (QED) is 0.452. The zero-order valence-corrected chi connectivity index (χ0v) is 9.56. The fourth-order valence-electron chi connectivity index (χ4n) is 0.685. The molecule has 0 nitrogen and oxygen atoms in total. The molecule has 0 atom stereocenters. The third-order valence-corrected chi connectivity index (χ3v) is 3.40. The molecule has 0 saturated carbocycles. The van der Waals surface area contributed by atoms with Gasteiger partial charge >= 0.3 is 0 Å². The van der Waals surface area contributed by atoms with Crippen LogP contribution >= 0.6 is 34.8 Å². The smallest absolute Gasteiger partial charge is 0.0605 e.